The number of anilines is 1. The molecule has 1 fully saturated rings. The molecule has 1 aliphatic rings. The number of hydrogen-bond acceptors (Lipinski definition) is 8. The fraction of sp³-hybridized carbons (Fsp3) is 0.391. The third-order valence-corrected chi connectivity index (χ3v) is 5.85. The van der Waals surface area contributed by atoms with Crippen LogP contribution in [0.2, 0.25) is 5.15 Å². The molecule has 0 bridgehead atoms. The number of hydrogen-bond donors (Lipinski definition) is 2. The highest BCUT2D eigenvalue weighted by Crippen LogP contribution is 2.27. The van der Waals surface area contributed by atoms with Crippen molar-refractivity contribution in [2.24, 2.45) is 0 Å². The minimum Gasteiger partial charge on any atom is -0.493 e. The number of ether oxygens (including phenoxy) is 2. The van der Waals surface area contributed by atoms with Crippen LogP contribution in [-0.2, 0) is 11.2 Å². The average Bonchev–Trinajstić information content (AvgIpc) is 3.39. The lowest BCUT2D eigenvalue weighted by Gasteiger charge is -2.37. The van der Waals surface area contributed by atoms with E-state index in [0.717, 1.165) is 12.1 Å². The number of nitrogens with one attached hydrogen (secondary N) is 2. The number of rotatable bonds is 9. The smallest absolute Gasteiger partial charge is 0.238 e. The van der Waals surface area contributed by atoms with Crippen LogP contribution in [0.15, 0.2) is 43.0 Å². The van der Waals surface area contributed by atoms with Gasteiger partial charge in [0, 0.05) is 51.1 Å². The van der Waals surface area contributed by atoms with Crippen molar-refractivity contribution in [3.05, 3.63) is 53.7 Å². The minimum absolute atomic E-state index is 0.0193. The minimum atomic E-state index is -0.0589. The number of aromatic nitrogens is 4. The van der Waals surface area contributed by atoms with Crippen LogP contribution in [0.5, 0.6) is 11.5 Å². The summed E-state index contributed by atoms with van der Waals surface area (Å²) in [5.41, 5.74) is 1.06. The van der Waals surface area contributed by atoms with Crippen LogP contribution >= 0.6 is 11.6 Å². The Balaban J connectivity index is 1.37. The quantitative estimate of drug-likeness (QED) is 0.442. The van der Waals surface area contributed by atoms with Gasteiger partial charge in [0.15, 0.2) is 11.5 Å². The van der Waals surface area contributed by atoms with Crippen molar-refractivity contribution in [3.8, 4) is 17.4 Å². The average molecular weight is 486 g/mol. The molecule has 0 spiro atoms. The highest BCUT2D eigenvalue weighted by atomic mass is 35.5. The maximum atomic E-state index is 12.7. The van der Waals surface area contributed by atoms with Gasteiger partial charge >= 0.3 is 0 Å². The monoisotopic (exact) mass is 485 g/mol. The summed E-state index contributed by atoms with van der Waals surface area (Å²) in [4.78, 5) is 27.8. The molecule has 1 aromatic carbocycles. The van der Waals surface area contributed by atoms with E-state index in [1.165, 1.54) is 0 Å². The summed E-state index contributed by atoms with van der Waals surface area (Å²) in [5.74, 6) is 2.47. The third-order valence-electron chi connectivity index (χ3n) is 5.65. The van der Waals surface area contributed by atoms with Gasteiger partial charge in [-0.25, -0.2) is 9.97 Å². The van der Waals surface area contributed by atoms with Crippen LogP contribution in [-0.4, -0.2) is 71.9 Å². The molecule has 2 N–H and O–H groups in total. The van der Waals surface area contributed by atoms with Crippen molar-refractivity contribution in [2.45, 2.75) is 18.9 Å². The lowest BCUT2D eigenvalue weighted by Crippen LogP contribution is -2.53. The van der Waals surface area contributed by atoms with E-state index < -0.39 is 0 Å². The zero-order valence-electron chi connectivity index (χ0n) is 19.2. The standard InChI is InChI=1S/C23H28ClN7O3/c1-33-18-4-3-16(11-19(18)34-2)5-6-27-22(32)12-17-14-25-8-10-31(17)21-13-20(24)28-23(29-21)30-9-7-26-15-30/h3-4,7,9,11,13,15,17,25H,5-6,8,10,12,14H2,1-2H3,(H,27,32). The Hall–Kier alpha value is -3.37. The van der Waals surface area contributed by atoms with Gasteiger partial charge in [-0.05, 0) is 24.1 Å². The molecule has 11 heteroatoms. The van der Waals surface area contributed by atoms with Gasteiger partial charge in [-0.15, -0.1) is 0 Å². The zero-order chi connectivity index (χ0) is 23.9. The second kappa shape index (κ2) is 11.2. The Bertz CT molecular complexity index is 1110. The number of benzene rings is 1. The largest absolute Gasteiger partial charge is 0.493 e. The topological polar surface area (TPSA) is 106 Å². The molecule has 1 atom stereocenters. The van der Waals surface area contributed by atoms with E-state index in [1.54, 1.807) is 43.6 Å². The van der Waals surface area contributed by atoms with E-state index in [4.69, 9.17) is 21.1 Å². The van der Waals surface area contributed by atoms with Crippen molar-refractivity contribution in [1.29, 1.82) is 0 Å². The van der Waals surface area contributed by atoms with E-state index in [1.807, 2.05) is 18.2 Å². The Morgan fingerprint density at radius 2 is 2.09 bits per heavy atom. The van der Waals surface area contributed by atoms with E-state index in [9.17, 15) is 4.79 Å². The fourth-order valence-corrected chi connectivity index (χ4v) is 4.12. The first kappa shape index (κ1) is 23.8. The Kier molecular flexibility index (Phi) is 7.81. The van der Waals surface area contributed by atoms with E-state index in [2.05, 4.69) is 30.5 Å². The van der Waals surface area contributed by atoms with Crippen LogP contribution in [0.4, 0.5) is 5.82 Å². The van der Waals surface area contributed by atoms with Crippen LogP contribution in [0.1, 0.15) is 12.0 Å². The molecule has 4 rings (SSSR count). The molecular weight excluding hydrogens is 458 g/mol. The molecule has 3 aromatic rings. The van der Waals surface area contributed by atoms with Gasteiger partial charge < -0.3 is 25.0 Å². The predicted octanol–water partition coefficient (Wildman–Crippen LogP) is 1.86. The summed E-state index contributed by atoms with van der Waals surface area (Å²) in [6.07, 6.45) is 6.06. The number of amides is 1. The lowest BCUT2D eigenvalue weighted by atomic mass is 10.1. The number of methoxy groups -OCH3 is 2. The normalized spacial score (nSPS) is 15.7. The zero-order valence-corrected chi connectivity index (χ0v) is 20.0. The van der Waals surface area contributed by atoms with Gasteiger partial charge in [0.2, 0.25) is 11.9 Å². The van der Waals surface area contributed by atoms with Crippen LogP contribution in [0.3, 0.4) is 0 Å². The molecule has 1 aliphatic heterocycles. The summed E-state index contributed by atoms with van der Waals surface area (Å²) < 4.78 is 12.3. The first-order valence-corrected chi connectivity index (χ1v) is 11.4. The number of nitrogens with zero attached hydrogens (tertiary/aromatic N) is 5. The molecule has 2 aromatic heterocycles. The summed E-state index contributed by atoms with van der Waals surface area (Å²) in [6, 6.07) is 7.43. The van der Waals surface area contributed by atoms with Crippen LogP contribution < -0.4 is 25.0 Å². The number of carbonyl (C=O) groups is 1. The number of piperazine rings is 1. The Morgan fingerprint density at radius 1 is 1.24 bits per heavy atom. The van der Waals surface area contributed by atoms with Gasteiger partial charge in [0.1, 0.15) is 17.3 Å². The molecule has 0 radical (unpaired) electrons. The molecule has 1 amide bonds. The number of halogens is 1. The molecule has 0 saturated carbocycles. The summed E-state index contributed by atoms with van der Waals surface area (Å²) in [5, 5.41) is 6.73. The predicted molar refractivity (Wildman–Crippen MR) is 129 cm³/mol. The first-order chi connectivity index (χ1) is 16.6. The van der Waals surface area contributed by atoms with Crippen LogP contribution in [0, 0.1) is 0 Å². The highest BCUT2D eigenvalue weighted by molar-refractivity contribution is 6.29. The van der Waals surface area contributed by atoms with Gasteiger partial charge in [0.25, 0.3) is 0 Å². The summed E-state index contributed by atoms with van der Waals surface area (Å²) in [6.45, 7) is 2.70. The van der Waals surface area contributed by atoms with Crippen molar-refractivity contribution >= 4 is 23.3 Å². The second-order valence-corrected chi connectivity index (χ2v) is 8.25. The van der Waals surface area contributed by atoms with Crippen molar-refractivity contribution in [3.63, 3.8) is 0 Å². The molecule has 180 valence electrons. The number of carbonyl (C=O) groups excluding carboxylic acids is 1. The van der Waals surface area contributed by atoms with Gasteiger partial charge in [-0.2, -0.15) is 4.98 Å². The molecule has 1 unspecified atom stereocenters. The lowest BCUT2D eigenvalue weighted by molar-refractivity contribution is -0.121. The summed E-state index contributed by atoms with van der Waals surface area (Å²) in [7, 11) is 3.21. The highest BCUT2D eigenvalue weighted by Gasteiger charge is 2.26. The van der Waals surface area contributed by atoms with Crippen molar-refractivity contribution < 1.29 is 14.3 Å². The van der Waals surface area contributed by atoms with E-state index in [-0.39, 0.29) is 11.9 Å². The molecule has 3 heterocycles. The van der Waals surface area contributed by atoms with Crippen LogP contribution in [0.25, 0.3) is 5.95 Å². The maximum Gasteiger partial charge on any atom is 0.238 e. The molecule has 10 nitrogen and oxygen atoms in total. The molecule has 0 aliphatic carbocycles. The molecular formula is C23H28ClN7O3. The van der Waals surface area contributed by atoms with Crippen molar-refractivity contribution in [1.82, 2.24) is 30.2 Å². The number of imidazole rings is 1. The summed E-state index contributed by atoms with van der Waals surface area (Å²) >= 11 is 6.28. The van der Waals surface area contributed by atoms with E-state index in [0.29, 0.717) is 60.9 Å². The first-order valence-electron chi connectivity index (χ1n) is 11.0. The molecule has 34 heavy (non-hydrogen) atoms. The Labute approximate surface area is 203 Å². The molecule has 1 saturated heterocycles. The van der Waals surface area contributed by atoms with Gasteiger partial charge in [-0.1, -0.05) is 17.7 Å². The van der Waals surface area contributed by atoms with E-state index >= 15 is 0 Å². The second-order valence-electron chi connectivity index (χ2n) is 7.86. The maximum absolute atomic E-state index is 12.7. The SMILES string of the molecule is COc1ccc(CCNC(=O)CC2CNCCN2c2cc(Cl)nc(-n3ccnc3)n2)cc1OC. The fourth-order valence-electron chi connectivity index (χ4n) is 3.95. The Morgan fingerprint density at radius 3 is 2.85 bits per heavy atom. The van der Waals surface area contributed by atoms with Gasteiger partial charge in [-0.3, -0.25) is 9.36 Å². The van der Waals surface area contributed by atoms with Gasteiger partial charge in [0.05, 0.1) is 20.3 Å². The third kappa shape index (κ3) is 5.75. The van der Waals surface area contributed by atoms with Crippen molar-refractivity contribution in [2.75, 3.05) is 45.3 Å².